The van der Waals surface area contributed by atoms with Crippen LogP contribution < -0.4 is 0 Å². The summed E-state index contributed by atoms with van der Waals surface area (Å²) in [6.45, 7) is 4.38. The molecule has 0 aromatic heterocycles. The molecule has 0 nitrogen and oxygen atoms in total. The summed E-state index contributed by atoms with van der Waals surface area (Å²) in [6.07, 6.45) is 5.60. The van der Waals surface area contributed by atoms with Gasteiger partial charge in [-0.25, -0.2) is 0 Å². The topological polar surface area (TPSA) is 0 Å². The Hall–Kier alpha value is -1.04. The first-order chi connectivity index (χ1) is 5.84. The Labute approximate surface area is 74.9 Å². The van der Waals surface area contributed by atoms with E-state index in [2.05, 4.69) is 56.3 Å². The predicted molar refractivity (Wildman–Crippen MR) is 54.3 cm³/mol. The van der Waals surface area contributed by atoms with Crippen molar-refractivity contribution in [3.63, 3.8) is 0 Å². The summed E-state index contributed by atoms with van der Waals surface area (Å²) in [7, 11) is 0. The molecule has 0 amide bonds. The minimum atomic E-state index is 0.547. The molecule has 0 heteroatoms. The molecular formula is C12H16. The highest BCUT2D eigenvalue weighted by Gasteiger charge is 1.97. The zero-order valence-corrected chi connectivity index (χ0v) is 7.83. The number of hydrogen-bond acceptors (Lipinski definition) is 0. The van der Waals surface area contributed by atoms with Crippen LogP contribution in [0.5, 0.6) is 0 Å². The summed E-state index contributed by atoms with van der Waals surface area (Å²) in [5.41, 5.74) is 1.39. The molecule has 1 aromatic rings. The first-order valence-corrected chi connectivity index (χ1v) is 4.56. The third-order valence-corrected chi connectivity index (χ3v) is 1.99. The van der Waals surface area contributed by atoms with Gasteiger partial charge in [-0.2, -0.15) is 0 Å². The lowest BCUT2D eigenvalue weighted by atomic mass is 10.0. The van der Waals surface area contributed by atoms with Gasteiger partial charge in [-0.15, -0.1) is 0 Å². The van der Waals surface area contributed by atoms with Crippen LogP contribution in [0.2, 0.25) is 0 Å². The zero-order valence-electron chi connectivity index (χ0n) is 7.83. The van der Waals surface area contributed by atoms with E-state index in [1.807, 2.05) is 0 Å². The SMILES string of the molecule is CC/C=C/C(C)c1ccccc1. The lowest BCUT2D eigenvalue weighted by Crippen LogP contribution is -1.86. The standard InChI is InChI=1S/C12H16/c1-3-4-8-11(2)12-9-6-5-7-10-12/h4-11H,3H2,1-2H3/b8-4+. The first kappa shape index (κ1) is 9.05. The maximum absolute atomic E-state index is 2.26. The Morgan fingerprint density at radius 2 is 1.92 bits per heavy atom. The summed E-state index contributed by atoms with van der Waals surface area (Å²) >= 11 is 0. The molecule has 0 saturated carbocycles. The maximum Gasteiger partial charge on any atom is -0.00104 e. The molecule has 64 valence electrons. The molecule has 0 aliphatic rings. The first-order valence-electron chi connectivity index (χ1n) is 4.56. The summed E-state index contributed by atoms with van der Waals surface area (Å²) in [5.74, 6) is 0.547. The minimum absolute atomic E-state index is 0.547. The fourth-order valence-corrected chi connectivity index (χ4v) is 1.21. The molecule has 0 aliphatic heterocycles. The Balaban J connectivity index is 2.65. The van der Waals surface area contributed by atoms with Crippen LogP contribution in [-0.4, -0.2) is 0 Å². The van der Waals surface area contributed by atoms with E-state index in [4.69, 9.17) is 0 Å². The van der Waals surface area contributed by atoms with Crippen LogP contribution in [0.25, 0.3) is 0 Å². The van der Waals surface area contributed by atoms with E-state index < -0.39 is 0 Å². The van der Waals surface area contributed by atoms with E-state index >= 15 is 0 Å². The highest BCUT2D eigenvalue weighted by atomic mass is 14.0. The smallest absolute Gasteiger partial charge is 0.00104 e. The lowest BCUT2D eigenvalue weighted by molar-refractivity contribution is 0.957. The van der Waals surface area contributed by atoms with Gasteiger partial charge in [0.1, 0.15) is 0 Å². The van der Waals surface area contributed by atoms with Gasteiger partial charge in [0.25, 0.3) is 0 Å². The molecule has 0 N–H and O–H groups in total. The third kappa shape index (κ3) is 2.54. The molecule has 0 spiro atoms. The Morgan fingerprint density at radius 1 is 1.25 bits per heavy atom. The van der Waals surface area contributed by atoms with Crippen LogP contribution in [0, 0.1) is 0 Å². The van der Waals surface area contributed by atoms with E-state index in [1.54, 1.807) is 0 Å². The van der Waals surface area contributed by atoms with Gasteiger partial charge >= 0.3 is 0 Å². The molecule has 1 aromatic carbocycles. The maximum atomic E-state index is 2.26. The quantitative estimate of drug-likeness (QED) is 0.591. The van der Waals surface area contributed by atoms with Crippen molar-refractivity contribution in [2.75, 3.05) is 0 Å². The van der Waals surface area contributed by atoms with Crippen molar-refractivity contribution in [2.45, 2.75) is 26.2 Å². The van der Waals surface area contributed by atoms with Gasteiger partial charge in [0, 0.05) is 0 Å². The fraction of sp³-hybridized carbons (Fsp3) is 0.333. The van der Waals surface area contributed by atoms with E-state index in [0.29, 0.717) is 5.92 Å². The third-order valence-electron chi connectivity index (χ3n) is 1.99. The number of allylic oxidation sites excluding steroid dienone is 2. The van der Waals surface area contributed by atoms with Crippen LogP contribution >= 0.6 is 0 Å². The van der Waals surface area contributed by atoms with Crippen molar-refractivity contribution < 1.29 is 0 Å². The molecule has 0 bridgehead atoms. The summed E-state index contributed by atoms with van der Waals surface area (Å²) in [4.78, 5) is 0. The molecule has 0 heterocycles. The fourth-order valence-electron chi connectivity index (χ4n) is 1.21. The summed E-state index contributed by atoms with van der Waals surface area (Å²) in [6, 6.07) is 10.6. The summed E-state index contributed by atoms with van der Waals surface area (Å²) < 4.78 is 0. The Kier molecular flexibility index (Phi) is 3.59. The molecule has 1 unspecified atom stereocenters. The van der Waals surface area contributed by atoms with Crippen molar-refractivity contribution in [2.24, 2.45) is 0 Å². The second-order valence-electron chi connectivity index (χ2n) is 3.04. The Bertz CT molecular complexity index is 233. The van der Waals surface area contributed by atoms with Crippen molar-refractivity contribution in [1.29, 1.82) is 0 Å². The van der Waals surface area contributed by atoms with Crippen molar-refractivity contribution in [3.8, 4) is 0 Å². The van der Waals surface area contributed by atoms with Crippen molar-refractivity contribution in [3.05, 3.63) is 48.0 Å². The van der Waals surface area contributed by atoms with E-state index in [0.717, 1.165) is 6.42 Å². The predicted octanol–water partition coefficient (Wildman–Crippen LogP) is 3.76. The minimum Gasteiger partial charge on any atom is -0.0882 e. The van der Waals surface area contributed by atoms with E-state index in [-0.39, 0.29) is 0 Å². The molecular weight excluding hydrogens is 144 g/mol. The van der Waals surface area contributed by atoms with Gasteiger partial charge in [-0.1, -0.05) is 56.3 Å². The largest absolute Gasteiger partial charge is 0.0882 e. The molecule has 0 aliphatic carbocycles. The molecule has 0 radical (unpaired) electrons. The zero-order chi connectivity index (χ0) is 8.81. The molecule has 1 atom stereocenters. The van der Waals surface area contributed by atoms with Crippen LogP contribution in [0.1, 0.15) is 31.7 Å². The molecule has 0 fully saturated rings. The average molecular weight is 160 g/mol. The van der Waals surface area contributed by atoms with Gasteiger partial charge in [0.05, 0.1) is 0 Å². The van der Waals surface area contributed by atoms with E-state index in [1.165, 1.54) is 5.56 Å². The monoisotopic (exact) mass is 160 g/mol. The van der Waals surface area contributed by atoms with Gasteiger partial charge in [0.2, 0.25) is 0 Å². The second-order valence-corrected chi connectivity index (χ2v) is 3.04. The number of rotatable bonds is 3. The van der Waals surface area contributed by atoms with Gasteiger partial charge in [-0.3, -0.25) is 0 Å². The van der Waals surface area contributed by atoms with Crippen LogP contribution in [0.3, 0.4) is 0 Å². The Morgan fingerprint density at radius 3 is 2.50 bits per heavy atom. The van der Waals surface area contributed by atoms with Gasteiger partial charge in [0.15, 0.2) is 0 Å². The summed E-state index contributed by atoms with van der Waals surface area (Å²) in [5, 5.41) is 0. The van der Waals surface area contributed by atoms with Crippen LogP contribution in [0.4, 0.5) is 0 Å². The van der Waals surface area contributed by atoms with Crippen LogP contribution in [-0.2, 0) is 0 Å². The van der Waals surface area contributed by atoms with Crippen molar-refractivity contribution in [1.82, 2.24) is 0 Å². The highest BCUT2D eigenvalue weighted by molar-refractivity contribution is 5.22. The highest BCUT2D eigenvalue weighted by Crippen LogP contribution is 2.15. The lowest BCUT2D eigenvalue weighted by Gasteiger charge is -2.04. The van der Waals surface area contributed by atoms with Crippen molar-refractivity contribution >= 4 is 0 Å². The van der Waals surface area contributed by atoms with Gasteiger partial charge < -0.3 is 0 Å². The number of benzene rings is 1. The van der Waals surface area contributed by atoms with Gasteiger partial charge in [-0.05, 0) is 17.9 Å². The molecule has 0 saturated heterocycles. The molecule has 12 heavy (non-hydrogen) atoms. The average Bonchev–Trinajstić information content (AvgIpc) is 2.15. The number of hydrogen-bond donors (Lipinski definition) is 0. The normalized spacial score (nSPS) is 13.5. The second kappa shape index (κ2) is 4.76. The van der Waals surface area contributed by atoms with E-state index in [9.17, 15) is 0 Å². The molecule has 1 rings (SSSR count). The van der Waals surface area contributed by atoms with Crippen LogP contribution in [0.15, 0.2) is 42.5 Å².